The summed E-state index contributed by atoms with van der Waals surface area (Å²) in [6.45, 7) is 4.18. The van der Waals surface area contributed by atoms with E-state index < -0.39 is 0 Å². The van der Waals surface area contributed by atoms with Gasteiger partial charge in [-0.15, -0.1) is 11.8 Å². The van der Waals surface area contributed by atoms with Crippen molar-refractivity contribution < 1.29 is 9.59 Å². The third kappa shape index (κ3) is 5.14. The van der Waals surface area contributed by atoms with Crippen LogP contribution in [0.5, 0.6) is 0 Å². The predicted molar refractivity (Wildman–Crippen MR) is 138 cm³/mol. The molecule has 0 aliphatic carbocycles. The third-order valence-electron chi connectivity index (χ3n) is 6.00. The van der Waals surface area contributed by atoms with Crippen molar-refractivity contribution in [1.82, 2.24) is 0 Å². The van der Waals surface area contributed by atoms with Gasteiger partial charge < -0.3 is 5.32 Å². The minimum absolute atomic E-state index is 0.0128. The zero-order valence-corrected chi connectivity index (χ0v) is 20.0. The Kier molecular flexibility index (Phi) is 7.50. The fraction of sp³-hybridized carbons (Fsp3) is 0.286. The number of rotatable bonds is 8. The summed E-state index contributed by atoms with van der Waals surface area (Å²) in [5, 5.41) is 2.99. The standard InChI is InChI=1S/C28H30N2O2S/c1-3-11-21-14-8-9-17-25(21)30-26(31)19-33-28(30)22-15-10-16-23(18-22)29-27(32)24(4-2)20-12-6-5-7-13-20/h5-10,12-18,24,28H,3-4,11,19H2,1-2H3,(H,29,32)/t24-,28-/m0/s1. The molecule has 1 saturated heterocycles. The first-order chi connectivity index (χ1) is 16.1. The summed E-state index contributed by atoms with van der Waals surface area (Å²) < 4.78 is 0. The van der Waals surface area contributed by atoms with Crippen molar-refractivity contribution in [3.63, 3.8) is 0 Å². The van der Waals surface area contributed by atoms with Crippen LogP contribution in [-0.2, 0) is 16.0 Å². The van der Waals surface area contributed by atoms with Gasteiger partial charge in [0.25, 0.3) is 0 Å². The fourth-order valence-corrected chi connectivity index (χ4v) is 5.57. The number of benzene rings is 3. The largest absolute Gasteiger partial charge is 0.326 e. The number of aryl methyl sites for hydroxylation is 1. The van der Waals surface area contributed by atoms with Crippen LogP contribution in [-0.4, -0.2) is 17.6 Å². The molecule has 4 nitrogen and oxygen atoms in total. The van der Waals surface area contributed by atoms with Crippen molar-refractivity contribution in [3.8, 4) is 0 Å². The Morgan fingerprint density at radius 3 is 2.55 bits per heavy atom. The Hall–Kier alpha value is -3.05. The second kappa shape index (κ2) is 10.7. The summed E-state index contributed by atoms with van der Waals surface area (Å²) in [6.07, 6.45) is 2.69. The topological polar surface area (TPSA) is 49.4 Å². The fourth-order valence-electron chi connectivity index (χ4n) is 4.41. The second-order valence-electron chi connectivity index (χ2n) is 8.29. The van der Waals surface area contributed by atoms with Gasteiger partial charge in [-0.3, -0.25) is 14.5 Å². The van der Waals surface area contributed by atoms with E-state index in [0.717, 1.165) is 41.8 Å². The highest BCUT2D eigenvalue weighted by Crippen LogP contribution is 2.43. The molecule has 170 valence electrons. The number of nitrogens with zero attached hydrogens (tertiary/aromatic N) is 1. The number of amides is 2. The summed E-state index contributed by atoms with van der Waals surface area (Å²) in [5.74, 6) is 0.363. The van der Waals surface area contributed by atoms with E-state index in [1.165, 1.54) is 5.56 Å². The SMILES string of the molecule is CCCc1ccccc1N1C(=O)CS[C@H]1c1cccc(NC(=O)[C@@H](CC)c2ccccc2)c1. The maximum Gasteiger partial charge on any atom is 0.238 e. The Morgan fingerprint density at radius 1 is 1.03 bits per heavy atom. The lowest BCUT2D eigenvalue weighted by molar-refractivity contribution is -0.118. The normalized spacial score (nSPS) is 16.6. The lowest BCUT2D eigenvalue weighted by atomic mass is 9.95. The van der Waals surface area contributed by atoms with Crippen LogP contribution in [0.3, 0.4) is 0 Å². The highest BCUT2D eigenvalue weighted by Gasteiger charge is 2.35. The van der Waals surface area contributed by atoms with Crippen LogP contribution in [0.2, 0.25) is 0 Å². The molecule has 1 aliphatic heterocycles. The molecule has 0 saturated carbocycles. The van der Waals surface area contributed by atoms with E-state index in [1.807, 2.05) is 84.6 Å². The van der Waals surface area contributed by atoms with E-state index in [4.69, 9.17) is 0 Å². The minimum atomic E-state index is -0.199. The lowest BCUT2D eigenvalue weighted by Gasteiger charge is -2.27. The van der Waals surface area contributed by atoms with Crippen LogP contribution >= 0.6 is 11.8 Å². The molecular weight excluding hydrogens is 428 g/mol. The molecule has 2 atom stereocenters. The number of anilines is 2. The van der Waals surface area contributed by atoms with E-state index in [1.54, 1.807) is 11.8 Å². The van der Waals surface area contributed by atoms with Crippen LogP contribution in [0.15, 0.2) is 78.9 Å². The van der Waals surface area contributed by atoms with Crippen molar-refractivity contribution in [2.24, 2.45) is 0 Å². The first-order valence-electron chi connectivity index (χ1n) is 11.6. The monoisotopic (exact) mass is 458 g/mol. The van der Waals surface area contributed by atoms with Crippen LogP contribution < -0.4 is 10.2 Å². The van der Waals surface area contributed by atoms with E-state index in [2.05, 4.69) is 18.3 Å². The molecule has 0 spiro atoms. The average Bonchev–Trinajstić information content (AvgIpc) is 3.22. The minimum Gasteiger partial charge on any atom is -0.326 e. The molecule has 0 bridgehead atoms. The second-order valence-corrected chi connectivity index (χ2v) is 9.36. The van der Waals surface area contributed by atoms with Gasteiger partial charge in [0, 0.05) is 11.4 Å². The number of nitrogens with one attached hydrogen (secondary N) is 1. The highest BCUT2D eigenvalue weighted by molar-refractivity contribution is 8.00. The van der Waals surface area contributed by atoms with Crippen molar-refractivity contribution in [3.05, 3.63) is 95.6 Å². The molecule has 33 heavy (non-hydrogen) atoms. The van der Waals surface area contributed by atoms with Gasteiger partial charge in [-0.1, -0.05) is 80.9 Å². The summed E-state index contributed by atoms with van der Waals surface area (Å²) in [7, 11) is 0. The van der Waals surface area contributed by atoms with Crippen molar-refractivity contribution in [2.45, 2.75) is 44.4 Å². The Labute approximate surface area is 200 Å². The molecule has 2 amide bonds. The van der Waals surface area contributed by atoms with E-state index >= 15 is 0 Å². The van der Waals surface area contributed by atoms with E-state index in [-0.39, 0.29) is 23.1 Å². The smallest absolute Gasteiger partial charge is 0.238 e. The number of thioether (sulfide) groups is 1. The van der Waals surface area contributed by atoms with Crippen LogP contribution in [0, 0.1) is 0 Å². The highest BCUT2D eigenvalue weighted by atomic mass is 32.2. The number of carbonyl (C=O) groups excluding carboxylic acids is 2. The number of hydrogen-bond donors (Lipinski definition) is 1. The third-order valence-corrected chi connectivity index (χ3v) is 7.22. The van der Waals surface area contributed by atoms with E-state index in [0.29, 0.717) is 5.75 Å². The molecule has 1 fully saturated rings. The summed E-state index contributed by atoms with van der Waals surface area (Å²) >= 11 is 1.63. The number of hydrogen-bond acceptors (Lipinski definition) is 3. The van der Waals surface area contributed by atoms with Crippen LogP contribution in [0.4, 0.5) is 11.4 Å². The molecule has 0 radical (unpaired) electrons. The Balaban J connectivity index is 1.58. The van der Waals surface area contributed by atoms with Gasteiger partial charge in [0.2, 0.25) is 11.8 Å². The first kappa shape index (κ1) is 23.1. The maximum atomic E-state index is 13.1. The molecule has 3 aromatic rings. The molecule has 5 heteroatoms. The summed E-state index contributed by atoms with van der Waals surface area (Å²) in [4.78, 5) is 27.9. The lowest BCUT2D eigenvalue weighted by Crippen LogP contribution is -2.29. The van der Waals surface area contributed by atoms with Crippen LogP contribution in [0.25, 0.3) is 0 Å². The average molecular weight is 459 g/mol. The summed E-state index contributed by atoms with van der Waals surface area (Å²) in [5.41, 5.74) is 4.98. The van der Waals surface area contributed by atoms with Gasteiger partial charge in [0.05, 0.1) is 11.7 Å². The summed E-state index contributed by atoms with van der Waals surface area (Å²) in [6, 6.07) is 26.0. The van der Waals surface area contributed by atoms with E-state index in [9.17, 15) is 9.59 Å². The first-order valence-corrected chi connectivity index (χ1v) is 12.6. The molecule has 1 N–H and O–H groups in total. The molecule has 3 aromatic carbocycles. The van der Waals surface area contributed by atoms with Gasteiger partial charge in [-0.25, -0.2) is 0 Å². The molecule has 1 aliphatic rings. The molecule has 0 aromatic heterocycles. The van der Waals surface area contributed by atoms with Crippen molar-refractivity contribution >= 4 is 35.0 Å². The molecule has 0 unspecified atom stereocenters. The van der Waals surface area contributed by atoms with Crippen LogP contribution in [0.1, 0.15) is 54.7 Å². The van der Waals surface area contributed by atoms with Gasteiger partial charge >= 0.3 is 0 Å². The van der Waals surface area contributed by atoms with Gasteiger partial charge in [0.15, 0.2) is 0 Å². The molecule has 4 rings (SSSR count). The number of para-hydroxylation sites is 1. The van der Waals surface area contributed by atoms with Gasteiger partial charge in [0.1, 0.15) is 5.37 Å². The van der Waals surface area contributed by atoms with Gasteiger partial charge in [-0.05, 0) is 47.7 Å². The Bertz CT molecular complexity index is 1120. The predicted octanol–water partition coefficient (Wildman–Crippen LogP) is 6.55. The Morgan fingerprint density at radius 2 is 1.79 bits per heavy atom. The molecular formula is C28H30N2O2S. The van der Waals surface area contributed by atoms with Gasteiger partial charge in [-0.2, -0.15) is 0 Å². The molecule has 1 heterocycles. The quantitative estimate of drug-likeness (QED) is 0.416. The van der Waals surface area contributed by atoms with Crippen molar-refractivity contribution in [2.75, 3.05) is 16.0 Å². The van der Waals surface area contributed by atoms with Crippen molar-refractivity contribution in [1.29, 1.82) is 0 Å². The maximum absolute atomic E-state index is 13.1. The zero-order valence-electron chi connectivity index (χ0n) is 19.2. The number of carbonyl (C=O) groups is 2. The zero-order chi connectivity index (χ0) is 23.2.